The molecular formula is C11H16ClF2N5. The fraction of sp³-hybridized carbons (Fsp3) is 0.727. The predicted molar refractivity (Wildman–Crippen MR) is 70.2 cm³/mol. The van der Waals surface area contributed by atoms with Crippen LogP contribution in [0.1, 0.15) is 19.3 Å². The Balaban J connectivity index is 2.18. The first kappa shape index (κ1) is 14.2. The Bertz CT molecular complexity index is 426. The van der Waals surface area contributed by atoms with E-state index in [4.69, 9.17) is 11.6 Å². The van der Waals surface area contributed by atoms with Crippen molar-refractivity contribution in [3.63, 3.8) is 0 Å². The molecule has 1 aromatic heterocycles. The molecule has 1 aliphatic heterocycles. The summed E-state index contributed by atoms with van der Waals surface area (Å²) in [6.45, 7) is 1.29. The Labute approximate surface area is 115 Å². The molecule has 0 unspecified atom stereocenters. The van der Waals surface area contributed by atoms with E-state index < -0.39 is 13.0 Å². The summed E-state index contributed by atoms with van der Waals surface area (Å²) >= 11 is 5.85. The molecule has 0 saturated carbocycles. The highest BCUT2D eigenvalue weighted by Crippen LogP contribution is 2.20. The highest BCUT2D eigenvalue weighted by Gasteiger charge is 2.18. The molecule has 0 bridgehead atoms. The molecule has 1 aliphatic rings. The number of anilines is 2. The van der Waals surface area contributed by atoms with Crippen LogP contribution in [0.15, 0.2) is 0 Å². The van der Waals surface area contributed by atoms with Crippen molar-refractivity contribution >= 4 is 23.5 Å². The minimum absolute atomic E-state index is 0.0340. The zero-order valence-electron chi connectivity index (χ0n) is 10.7. The molecule has 0 N–H and O–H groups in total. The van der Waals surface area contributed by atoms with Crippen LogP contribution in [0.25, 0.3) is 0 Å². The highest BCUT2D eigenvalue weighted by molar-refractivity contribution is 6.28. The van der Waals surface area contributed by atoms with Crippen LogP contribution in [0.2, 0.25) is 5.28 Å². The number of hydrogen-bond acceptors (Lipinski definition) is 5. The lowest BCUT2D eigenvalue weighted by Crippen LogP contribution is -2.32. The second-order valence-corrected chi connectivity index (χ2v) is 4.86. The summed E-state index contributed by atoms with van der Waals surface area (Å²) in [4.78, 5) is 15.5. The van der Waals surface area contributed by atoms with Crippen molar-refractivity contribution in [3.8, 4) is 0 Å². The monoisotopic (exact) mass is 291 g/mol. The fourth-order valence-corrected chi connectivity index (χ4v) is 2.18. The molecule has 0 aliphatic carbocycles. The summed E-state index contributed by atoms with van der Waals surface area (Å²) in [6, 6.07) is 0. The lowest BCUT2D eigenvalue weighted by Gasteiger charge is -2.27. The largest absolute Gasteiger partial charge is 0.341 e. The molecule has 19 heavy (non-hydrogen) atoms. The van der Waals surface area contributed by atoms with Crippen molar-refractivity contribution < 1.29 is 8.78 Å². The zero-order chi connectivity index (χ0) is 13.8. The number of rotatable bonds is 4. The van der Waals surface area contributed by atoms with E-state index >= 15 is 0 Å². The maximum atomic E-state index is 12.4. The summed E-state index contributed by atoms with van der Waals surface area (Å²) in [5, 5.41) is 0.0340. The Morgan fingerprint density at radius 2 is 1.89 bits per heavy atom. The summed E-state index contributed by atoms with van der Waals surface area (Å²) in [5.74, 6) is 0.650. The average Bonchev–Trinajstić information content (AvgIpc) is 2.38. The molecule has 1 saturated heterocycles. The molecule has 0 amide bonds. The third kappa shape index (κ3) is 3.86. The standard InChI is InChI=1S/C11H16ClF2N5/c1-18(7-8(13)14)10-15-9(12)16-11(17-10)19-5-3-2-4-6-19/h8H,2-7H2,1H3. The first-order valence-electron chi connectivity index (χ1n) is 6.22. The first-order valence-corrected chi connectivity index (χ1v) is 6.60. The van der Waals surface area contributed by atoms with Gasteiger partial charge in [0.1, 0.15) is 0 Å². The number of nitrogens with zero attached hydrogens (tertiary/aromatic N) is 5. The minimum atomic E-state index is -2.45. The van der Waals surface area contributed by atoms with E-state index in [1.807, 2.05) is 4.90 Å². The first-order chi connectivity index (χ1) is 9.06. The molecule has 1 fully saturated rings. The molecule has 5 nitrogen and oxygen atoms in total. The van der Waals surface area contributed by atoms with Crippen LogP contribution in [-0.2, 0) is 0 Å². The van der Waals surface area contributed by atoms with Crippen LogP contribution in [-0.4, -0.2) is 48.1 Å². The second kappa shape index (κ2) is 6.27. The van der Waals surface area contributed by atoms with E-state index in [2.05, 4.69) is 15.0 Å². The van der Waals surface area contributed by atoms with Gasteiger partial charge in [0, 0.05) is 20.1 Å². The Morgan fingerprint density at radius 1 is 1.21 bits per heavy atom. The van der Waals surface area contributed by atoms with Gasteiger partial charge >= 0.3 is 0 Å². The fourth-order valence-electron chi connectivity index (χ4n) is 2.02. The Kier molecular flexibility index (Phi) is 4.68. The molecule has 8 heteroatoms. The third-order valence-electron chi connectivity index (χ3n) is 2.98. The molecule has 0 aromatic carbocycles. The lowest BCUT2D eigenvalue weighted by atomic mass is 10.1. The van der Waals surface area contributed by atoms with Crippen molar-refractivity contribution in [2.24, 2.45) is 0 Å². The summed E-state index contributed by atoms with van der Waals surface area (Å²) in [7, 11) is 1.51. The molecule has 1 aromatic rings. The molecule has 106 valence electrons. The molecule has 0 spiro atoms. The van der Waals surface area contributed by atoms with Gasteiger partial charge in [-0.25, -0.2) is 8.78 Å². The molecule has 2 heterocycles. The van der Waals surface area contributed by atoms with Gasteiger partial charge in [-0.05, 0) is 30.9 Å². The number of aromatic nitrogens is 3. The van der Waals surface area contributed by atoms with Crippen LogP contribution in [0, 0.1) is 0 Å². The van der Waals surface area contributed by atoms with Gasteiger partial charge in [-0.3, -0.25) is 0 Å². The number of alkyl halides is 2. The van der Waals surface area contributed by atoms with Crippen molar-refractivity contribution in [3.05, 3.63) is 5.28 Å². The third-order valence-corrected chi connectivity index (χ3v) is 3.15. The van der Waals surface area contributed by atoms with E-state index in [0.29, 0.717) is 5.95 Å². The van der Waals surface area contributed by atoms with Crippen molar-refractivity contribution in [1.82, 2.24) is 15.0 Å². The summed E-state index contributed by atoms with van der Waals surface area (Å²) < 4.78 is 24.7. The minimum Gasteiger partial charge on any atom is -0.341 e. The summed E-state index contributed by atoms with van der Waals surface area (Å²) in [5.41, 5.74) is 0. The van der Waals surface area contributed by atoms with Crippen molar-refractivity contribution in [2.75, 3.05) is 36.5 Å². The van der Waals surface area contributed by atoms with Crippen LogP contribution in [0.5, 0.6) is 0 Å². The number of piperidine rings is 1. The van der Waals surface area contributed by atoms with E-state index in [-0.39, 0.29) is 11.2 Å². The van der Waals surface area contributed by atoms with Crippen molar-refractivity contribution in [1.29, 1.82) is 0 Å². The van der Waals surface area contributed by atoms with E-state index in [1.54, 1.807) is 0 Å². The van der Waals surface area contributed by atoms with Crippen LogP contribution in [0.3, 0.4) is 0 Å². The maximum absolute atomic E-state index is 12.4. The molecule has 2 rings (SSSR count). The van der Waals surface area contributed by atoms with E-state index in [0.717, 1.165) is 25.9 Å². The van der Waals surface area contributed by atoms with Crippen LogP contribution >= 0.6 is 11.6 Å². The van der Waals surface area contributed by atoms with E-state index in [1.165, 1.54) is 18.4 Å². The molecular weight excluding hydrogens is 276 g/mol. The predicted octanol–water partition coefficient (Wildman–Crippen LogP) is 2.22. The quantitative estimate of drug-likeness (QED) is 0.851. The van der Waals surface area contributed by atoms with Crippen LogP contribution in [0.4, 0.5) is 20.7 Å². The van der Waals surface area contributed by atoms with Gasteiger partial charge in [-0.15, -0.1) is 0 Å². The van der Waals surface area contributed by atoms with Gasteiger partial charge in [-0.1, -0.05) is 0 Å². The maximum Gasteiger partial charge on any atom is 0.255 e. The van der Waals surface area contributed by atoms with Crippen molar-refractivity contribution in [2.45, 2.75) is 25.7 Å². The SMILES string of the molecule is CN(CC(F)F)c1nc(Cl)nc(N2CCCCC2)n1. The lowest BCUT2D eigenvalue weighted by molar-refractivity contribution is 0.156. The van der Waals surface area contributed by atoms with E-state index in [9.17, 15) is 8.78 Å². The number of halogens is 3. The molecule has 0 radical (unpaired) electrons. The van der Waals surface area contributed by atoms with Crippen LogP contribution < -0.4 is 9.80 Å². The van der Waals surface area contributed by atoms with Gasteiger partial charge in [0.2, 0.25) is 17.2 Å². The Hall–Kier alpha value is -1.24. The zero-order valence-corrected chi connectivity index (χ0v) is 11.4. The normalized spacial score (nSPS) is 15.9. The smallest absolute Gasteiger partial charge is 0.255 e. The van der Waals surface area contributed by atoms with Gasteiger partial charge in [0.15, 0.2) is 0 Å². The van der Waals surface area contributed by atoms with Gasteiger partial charge in [0.05, 0.1) is 6.54 Å². The number of hydrogen-bond donors (Lipinski definition) is 0. The second-order valence-electron chi connectivity index (χ2n) is 4.52. The summed E-state index contributed by atoms with van der Waals surface area (Å²) in [6.07, 6.45) is 0.892. The highest BCUT2D eigenvalue weighted by atomic mass is 35.5. The van der Waals surface area contributed by atoms with Gasteiger partial charge in [-0.2, -0.15) is 15.0 Å². The topological polar surface area (TPSA) is 45.2 Å². The Morgan fingerprint density at radius 3 is 2.53 bits per heavy atom. The van der Waals surface area contributed by atoms with Gasteiger partial charge in [0.25, 0.3) is 6.43 Å². The molecule has 0 atom stereocenters. The van der Waals surface area contributed by atoms with Gasteiger partial charge < -0.3 is 9.80 Å². The average molecular weight is 292 g/mol.